The molecule has 0 unspecified atom stereocenters. The molecule has 84 valence electrons. The van der Waals surface area contributed by atoms with Crippen LogP contribution in [0.3, 0.4) is 0 Å². The maximum absolute atomic E-state index is 4.97. The van der Waals surface area contributed by atoms with E-state index in [1.54, 1.807) is 24.0 Å². The maximum Gasteiger partial charge on any atom is 0.232 e. The minimum Gasteiger partial charge on any atom is -0.480 e. The molecule has 0 aliphatic rings. The van der Waals surface area contributed by atoms with E-state index in [1.807, 2.05) is 18.3 Å². The molecule has 3 aromatic heterocycles. The molecule has 0 amide bonds. The molecular formula is C11H9N5O. The van der Waals surface area contributed by atoms with E-state index >= 15 is 0 Å². The van der Waals surface area contributed by atoms with Gasteiger partial charge in [0.25, 0.3) is 0 Å². The Hall–Kier alpha value is -2.50. The third-order valence-electron chi connectivity index (χ3n) is 2.42. The Morgan fingerprint density at radius 2 is 2.12 bits per heavy atom. The number of nitrogens with zero attached hydrogens (tertiary/aromatic N) is 5. The van der Waals surface area contributed by atoms with Gasteiger partial charge >= 0.3 is 0 Å². The van der Waals surface area contributed by atoms with Gasteiger partial charge in [-0.2, -0.15) is 5.10 Å². The van der Waals surface area contributed by atoms with Crippen molar-refractivity contribution in [1.29, 1.82) is 0 Å². The highest BCUT2D eigenvalue weighted by molar-refractivity contribution is 5.73. The topological polar surface area (TPSA) is 65.2 Å². The first-order chi connectivity index (χ1) is 8.38. The van der Waals surface area contributed by atoms with Crippen molar-refractivity contribution in [2.45, 2.75) is 0 Å². The van der Waals surface area contributed by atoms with Gasteiger partial charge in [0, 0.05) is 11.8 Å². The lowest BCUT2D eigenvalue weighted by Crippen LogP contribution is -1.94. The lowest BCUT2D eigenvalue weighted by atomic mass is 10.2. The molecule has 0 fully saturated rings. The van der Waals surface area contributed by atoms with Gasteiger partial charge in [-0.15, -0.1) is 0 Å². The van der Waals surface area contributed by atoms with E-state index in [1.165, 1.54) is 6.33 Å². The van der Waals surface area contributed by atoms with Gasteiger partial charge in [-0.05, 0) is 12.1 Å². The third kappa shape index (κ3) is 1.59. The van der Waals surface area contributed by atoms with Crippen LogP contribution in [0.2, 0.25) is 0 Å². The van der Waals surface area contributed by atoms with Crippen LogP contribution in [-0.2, 0) is 0 Å². The number of ether oxygens (including phenoxy) is 1. The van der Waals surface area contributed by atoms with Gasteiger partial charge in [0.2, 0.25) is 5.88 Å². The zero-order chi connectivity index (χ0) is 11.7. The first kappa shape index (κ1) is 9.71. The van der Waals surface area contributed by atoms with Crippen LogP contribution in [-0.4, -0.2) is 31.7 Å². The second-order valence-corrected chi connectivity index (χ2v) is 3.39. The van der Waals surface area contributed by atoms with Crippen molar-refractivity contribution < 1.29 is 4.74 Å². The standard InChI is InChI=1S/C11H9N5O/c1-17-10-6-12-9(5-13-10)8-3-2-4-16-11(8)14-7-15-16/h2-7H,1H3. The van der Waals surface area contributed by atoms with E-state index in [2.05, 4.69) is 20.1 Å². The summed E-state index contributed by atoms with van der Waals surface area (Å²) >= 11 is 0. The van der Waals surface area contributed by atoms with Crippen LogP contribution in [0.4, 0.5) is 0 Å². The second-order valence-electron chi connectivity index (χ2n) is 3.39. The van der Waals surface area contributed by atoms with Crippen LogP contribution in [0, 0.1) is 0 Å². The molecule has 17 heavy (non-hydrogen) atoms. The zero-order valence-electron chi connectivity index (χ0n) is 9.11. The zero-order valence-corrected chi connectivity index (χ0v) is 9.11. The lowest BCUT2D eigenvalue weighted by Gasteiger charge is -2.02. The largest absolute Gasteiger partial charge is 0.480 e. The molecule has 0 bridgehead atoms. The Labute approximate surface area is 96.9 Å². The van der Waals surface area contributed by atoms with Gasteiger partial charge in [0.1, 0.15) is 6.33 Å². The van der Waals surface area contributed by atoms with Crippen LogP contribution in [0.15, 0.2) is 37.1 Å². The van der Waals surface area contributed by atoms with Gasteiger partial charge in [-0.25, -0.2) is 19.5 Å². The van der Waals surface area contributed by atoms with Crippen molar-refractivity contribution in [2.75, 3.05) is 7.11 Å². The van der Waals surface area contributed by atoms with E-state index in [0.29, 0.717) is 5.88 Å². The molecular weight excluding hydrogens is 218 g/mol. The van der Waals surface area contributed by atoms with Crippen molar-refractivity contribution in [3.8, 4) is 17.1 Å². The fraction of sp³-hybridized carbons (Fsp3) is 0.0909. The Morgan fingerprint density at radius 3 is 2.88 bits per heavy atom. The fourth-order valence-electron chi connectivity index (χ4n) is 1.61. The monoisotopic (exact) mass is 227 g/mol. The summed E-state index contributed by atoms with van der Waals surface area (Å²) in [5, 5.41) is 4.07. The Morgan fingerprint density at radius 1 is 1.18 bits per heavy atom. The summed E-state index contributed by atoms with van der Waals surface area (Å²) < 4.78 is 6.67. The molecule has 0 spiro atoms. The summed E-state index contributed by atoms with van der Waals surface area (Å²) in [6, 6.07) is 3.82. The number of pyridine rings is 1. The van der Waals surface area contributed by atoms with Crippen LogP contribution < -0.4 is 4.74 Å². The molecule has 0 saturated heterocycles. The molecule has 3 rings (SSSR count). The molecule has 0 saturated carbocycles. The summed E-state index contributed by atoms with van der Waals surface area (Å²) in [6.45, 7) is 0. The average Bonchev–Trinajstić information content (AvgIpc) is 2.87. The molecule has 0 N–H and O–H groups in total. The summed E-state index contributed by atoms with van der Waals surface area (Å²) in [5.41, 5.74) is 2.39. The SMILES string of the molecule is COc1cnc(-c2cccn3ncnc23)cn1. The van der Waals surface area contributed by atoms with Gasteiger partial charge in [0.15, 0.2) is 5.65 Å². The highest BCUT2D eigenvalue weighted by Crippen LogP contribution is 2.20. The van der Waals surface area contributed by atoms with E-state index < -0.39 is 0 Å². The first-order valence-electron chi connectivity index (χ1n) is 5.03. The van der Waals surface area contributed by atoms with E-state index in [-0.39, 0.29) is 0 Å². The molecule has 0 aliphatic carbocycles. The van der Waals surface area contributed by atoms with Crippen molar-refractivity contribution in [3.63, 3.8) is 0 Å². The smallest absolute Gasteiger partial charge is 0.232 e. The van der Waals surface area contributed by atoms with Crippen molar-refractivity contribution in [1.82, 2.24) is 24.6 Å². The summed E-state index contributed by atoms with van der Waals surface area (Å²) in [7, 11) is 1.56. The number of rotatable bonds is 2. The maximum atomic E-state index is 4.97. The highest BCUT2D eigenvalue weighted by atomic mass is 16.5. The van der Waals surface area contributed by atoms with Crippen LogP contribution >= 0.6 is 0 Å². The minimum atomic E-state index is 0.488. The Kier molecular flexibility index (Phi) is 2.18. The Bertz CT molecular complexity index is 646. The molecule has 0 radical (unpaired) electrons. The van der Waals surface area contributed by atoms with Gasteiger partial charge in [0.05, 0.1) is 25.2 Å². The average molecular weight is 227 g/mol. The summed E-state index contributed by atoms with van der Waals surface area (Å²) in [6.07, 6.45) is 6.58. The lowest BCUT2D eigenvalue weighted by molar-refractivity contribution is 0.396. The summed E-state index contributed by atoms with van der Waals surface area (Å²) in [5.74, 6) is 0.488. The van der Waals surface area contributed by atoms with Gasteiger partial charge in [-0.1, -0.05) is 0 Å². The quantitative estimate of drug-likeness (QED) is 0.658. The number of hydrogen-bond donors (Lipinski definition) is 0. The predicted octanol–water partition coefficient (Wildman–Crippen LogP) is 1.19. The van der Waals surface area contributed by atoms with E-state index in [0.717, 1.165) is 16.9 Å². The fourth-order valence-corrected chi connectivity index (χ4v) is 1.61. The molecule has 3 aromatic rings. The number of aromatic nitrogens is 5. The van der Waals surface area contributed by atoms with Crippen LogP contribution in [0.1, 0.15) is 0 Å². The highest BCUT2D eigenvalue weighted by Gasteiger charge is 2.07. The molecule has 3 heterocycles. The van der Waals surface area contributed by atoms with E-state index in [4.69, 9.17) is 4.74 Å². The Balaban J connectivity index is 2.16. The van der Waals surface area contributed by atoms with Crippen molar-refractivity contribution in [3.05, 3.63) is 37.1 Å². The molecule has 0 atom stereocenters. The normalized spacial score (nSPS) is 10.6. The van der Waals surface area contributed by atoms with Crippen LogP contribution in [0.5, 0.6) is 5.88 Å². The second kappa shape index (κ2) is 3.82. The predicted molar refractivity (Wildman–Crippen MR) is 60.6 cm³/mol. The number of hydrogen-bond acceptors (Lipinski definition) is 5. The molecule has 0 aliphatic heterocycles. The minimum absolute atomic E-state index is 0.488. The third-order valence-corrected chi connectivity index (χ3v) is 2.42. The van der Waals surface area contributed by atoms with E-state index in [9.17, 15) is 0 Å². The van der Waals surface area contributed by atoms with Crippen molar-refractivity contribution >= 4 is 5.65 Å². The number of methoxy groups -OCH3 is 1. The van der Waals surface area contributed by atoms with Crippen molar-refractivity contribution in [2.24, 2.45) is 0 Å². The molecule has 0 aromatic carbocycles. The molecule has 6 nitrogen and oxygen atoms in total. The van der Waals surface area contributed by atoms with Gasteiger partial charge in [-0.3, -0.25) is 0 Å². The van der Waals surface area contributed by atoms with Gasteiger partial charge < -0.3 is 4.74 Å². The first-order valence-corrected chi connectivity index (χ1v) is 5.03. The summed E-state index contributed by atoms with van der Waals surface area (Å²) in [4.78, 5) is 12.6. The van der Waals surface area contributed by atoms with Crippen LogP contribution in [0.25, 0.3) is 16.9 Å². The molecule has 6 heteroatoms. The number of fused-ring (bicyclic) bond motifs is 1.